The van der Waals surface area contributed by atoms with Gasteiger partial charge in [-0.3, -0.25) is 4.79 Å². The third-order valence-electron chi connectivity index (χ3n) is 3.31. The lowest BCUT2D eigenvalue weighted by molar-refractivity contribution is -0.116. The zero-order valence-electron chi connectivity index (χ0n) is 12.1. The largest absolute Gasteiger partial charge is 0.374 e. The number of amides is 1. The Morgan fingerprint density at radius 2 is 1.40 bits per heavy atom. The molecule has 1 unspecified atom stereocenters. The average Bonchev–Trinajstić information content (AvgIpc) is 2.43. The molecule has 1 amide bonds. The Bertz CT molecular complexity index is 607. The van der Waals surface area contributed by atoms with Gasteiger partial charge in [-0.2, -0.15) is 0 Å². The van der Waals surface area contributed by atoms with Crippen LogP contribution >= 0.6 is 0 Å². The molecule has 0 aliphatic carbocycles. The molecule has 2 aromatic rings. The summed E-state index contributed by atoms with van der Waals surface area (Å²) in [6.45, 7) is 5.86. The lowest BCUT2D eigenvalue weighted by atomic mass is 10.1. The van der Waals surface area contributed by atoms with Gasteiger partial charge in [-0.25, -0.2) is 0 Å². The normalized spacial score (nSPS) is 11.8. The topological polar surface area (TPSA) is 41.1 Å². The van der Waals surface area contributed by atoms with Crippen molar-refractivity contribution in [1.29, 1.82) is 0 Å². The number of hydrogen-bond donors (Lipinski definition) is 2. The van der Waals surface area contributed by atoms with Crippen molar-refractivity contribution in [1.82, 2.24) is 0 Å². The Morgan fingerprint density at radius 3 is 1.95 bits per heavy atom. The molecule has 2 rings (SSSR count). The molecule has 0 heterocycles. The lowest BCUT2D eigenvalue weighted by Gasteiger charge is -2.17. The number of carbonyl (C=O) groups excluding carboxylic acids is 1. The molecule has 20 heavy (non-hydrogen) atoms. The zero-order valence-corrected chi connectivity index (χ0v) is 12.1. The molecule has 2 aromatic carbocycles. The van der Waals surface area contributed by atoms with Crippen molar-refractivity contribution in [3.05, 3.63) is 59.7 Å². The number of nitrogens with one attached hydrogen (secondary N) is 2. The molecule has 0 radical (unpaired) electrons. The monoisotopic (exact) mass is 268 g/mol. The van der Waals surface area contributed by atoms with E-state index in [-0.39, 0.29) is 11.9 Å². The van der Waals surface area contributed by atoms with Crippen LogP contribution in [0.4, 0.5) is 11.4 Å². The molecule has 0 fully saturated rings. The summed E-state index contributed by atoms with van der Waals surface area (Å²) in [6, 6.07) is 15.4. The minimum Gasteiger partial charge on any atom is -0.374 e. The van der Waals surface area contributed by atoms with Crippen molar-refractivity contribution >= 4 is 17.3 Å². The van der Waals surface area contributed by atoms with Crippen LogP contribution in [0.3, 0.4) is 0 Å². The van der Waals surface area contributed by atoms with Gasteiger partial charge in [0.05, 0.1) is 0 Å². The molecule has 104 valence electrons. The van der Waals surface area contributed by atoms with Crippen LogP contribution in [0, 0.1) is 13.8 Å². The van der Waals surface area contributed by atoms with E-state index in [0.29, 0.717) is 0 Å². The van der Waals surface area contributed by atoms with E-state index >= 15 is 0 Å². The van der Waals surface area contributed by atoms with Gasteiger partial charge in [0.2, 0.25) is 5.91 Å². The van der Waals surface area contributed by atoms with E-state index < -0.39 is 0 Å². The van der Waals surface area contributed by atoms with E-state index in [1.54, 1.807) is 0 Å². The van der Waals surface area contributed by atoms with Gasteiger partial charge >= 0.3 is 0 Å². The smallest absolute Gasteiger partial charge is 0.246 e. The molecule has 0 aromatic heterocycles. The number of anilines is 2. The van der Waals surface area contributed by atoms with Crippen LogP contribution in [0.5, 0.6) is 0 Å². The highest BCUT2D eigenvalue weighted by Crippen LogP contribution is 2.16. The Balaban J connectivity index is 2.03. The fraction of sp³-hybridized carbons (Fsp3) is 0.235. The second kappa shape index (κ2) is 6.24. The minimum absolute atomic E-state index is 0.0393. The number of carbonyl (C=O) groups is 1. The van der Waals surface area contributed by atoms with Gasteiger partial charge in [0, 0.05) is 11.4 Å². The summed E-state index contributed by atoms with van der Waals surface area (Å²) >= 11 is 0. The second-order valence-electron chi connectivity index (χ2n) is 4.99. The molecule has 0 saturated heterocycles. The Hall–Kier alpha value is -2.29. The number of rotatable bonds is 4. The molecule has 0 spiro atoms. The van der Waals surface area contributed by atoms with Crippen LogP contribution in [0.1, 0.15) is 18.1 Å². The molecule has 2 N–H and O–H groups in total. The predicted octanol–water partition coefficient (Wildman–Crippen LogP) is 3.74. The van der Waals surface area contributed by atoms with E-state index in [4.69, 9.17) is 0 Å². The highest BCUT2D eigenvalue weighted by Gasteiger charge is 2.14. The molecular formula is C17H20N2O. The van der Waals surface area contributed by atoms with Crippen molar-refractivity contribution in [2.24, 2.45) is 0 Å². The SMILES string of the molecule is Cc1ccccc1NC(=O)C(C)Nc1ccccc1C. The van der Waals surface area contributed by atoms with Crippen LogP contribution in [0.2, 0.25) is 0 Å². The van der Waals surface area contributed by atoms with Crippen molar-refractivity contribution in [2.75, 3.05) is 10.6 Å². The first-order chi connectivity index (χ1) is 9.58. The summed E-state index contributed by atoms with van der Waals surface area (Å²) < 4.78 is 0. The van der Waals surface area contributed by atoms with E-state index in [1.165, 1.54) is 0 Å². The summed E-state index contributed by atoms with van der Waals surface area (Å²) in [5.41, 5.74) is 4.03. The van der Waals surface area contributed by atoms with Gasteiger partial charge in [-0.05, 0) is 44.0 Å². The molecule has 1 atom stereocenters. The third kappa shape index (κ3) is 3.38. The molecule has 3 heteroatoms. The number of para-hydroxylation sites is 2. The van der Waals surface area contributed by atoms with Crippen LogP contribution < -0.4 is 10.6 Å². The second-order valence-corrected chi connectivity index (χ2v) is 4.99. The fourth-order valence-electron chi connectivity index (χ4n) is 1.99. The maximum atomic E-state index is 12.2. The summed E-state index contributed by atoms with van der Waals surface area (Å²) in [4.78, 5) is 12.2. The van der Waals surface area contributed by atoms with Gasteiger partial charge < -0.3 is 10.6 Å². The van der Waals surface area contributed by atoms with Crippen LogP contribution in [0.25, 0.3) is 0 Å². The number of benzene rings is 2. The van der Waals surface area contributed by atoms with Gasteiger partial charge in [0.25, 0.3) is 0 Å². The summed E-state index contributed by atoms with van der Waals surface area (Å²) in [5, 5.41) is 6.19. The summed E-state index contributed by atoms with van der Waals surface area (Å²) in [6.07, 6.45) is 0. The van der Waals surface area contributed by atoms with E-state index in [1.807, 2.05) is 69.3 Å². The molecule has 0 aliphatic rings. The fourth-order valence-corrected chi connectivity index (χ4v) is 1.99. The van der Waals surface area contributed by atoms with Gasteiger partial charge in [0.15, 0.2) is 0 Å². The van der Waals surface area contributed by atoms with E-state index in [9.17, 15) is 4.79 Å². The highest BCUT2D eigenvalue weighted by atomic mass is 16.2. The zero-order chi connectivity index (χ0) is 14.5. The van der Waals surface area contributed by atoms with Crippen molar-refractivity contribution in [3.8, 4) is 0 Å². The molecular weight excluding hydrogens is 248 g/mol. The average molecular weight is 268 g/mol. The molecule has 3 nitrogen and oxygen atoms in total. The van der Waals surface area contributed by atoms with Crippen LogP contribution in [0.15, 0.2) is 48.5 Å². The minimum atomic E-state index is -0.296. The van der Waals surface area contributed by atoms with Crippen LogP contribution in [-0.2, 0) is 4.79 Å². The first-order valence-corrected chi connectivity index (χ1v) is 6.76. The number of aryl methyl sites for hydroxylation is 2. The standard InChI is InChI=1S/C17H20N2O/c1-12-8-4-6-10-15(12)18-14(3)17(20)19-16-11-7-5-9-13(16)2/h4-11,14,18H,1-3H3,(H,19,20). The first-order valence-electron chi connectivity index (χ1n) is 6.76. The lowest BCUT2D eigenvalue weighted by Crippen LogP contribution is -2.32. The van der Waals surface area contributed by atoms with Crippen molar-refractivity contribution < 1.29 is 4.79 Å². The van der Waals surface area contributed by atoms with Crippen molar-refractivity contribution in [2.45, 2.75) is 26.8 Å². The van der Waals surface area contributed by atoms with E-state index in [0.717, 1.165) is 22.5 Å². The Kier molecular flexibility index (Phi) is 4.41. The number of hydrogen-bond acceptors (Lipinski definition) is 2. The highest BCUT2D eigenvalue weighted by molar-refractivity contribution is 5.96. The molecule has 0 saturated carbocycles. The Labute approximate surface area is 120 Å². The van der Waals surface area contributed by atoms with Gasteiger partial charge in [0.1, 0.15) is 6.04 Å². The molecule has 0 aliphatic heterocycles. The first kappa shape index (κ1) is 14.1. The van der Waals surface area contributed by atoms with Gasteiger partial charge in [-0.1, -0.05) is 36.4 Å². The third-order valence-corrected chi connectivity index (χ3v) is 3.31. The van der Waals surface area contributed by atoms with E-state index in [2.05, 4.69) is 10.6 Å². The summed E-state index contributed by atoms with van der Waals surface area (Å²) in [5.74, 6) is -0.0393. The predicted molar refractivity (Wildman–Crippen MR) is 84.1 cm³/mol. The quantitative estimate of drug-likeness (QED) is 0.886. The van der Waals surface area contributed by atoms with Crippen LogP contribution in [-0.4, -0.2) is 11.9 Å². The van der Waals surface area contributed by atoms with Crippen molar-refractivity contribution in [3.63, 3.8) is 0 Å². The maximum absolute atomic E-state index is 12.2. The van der Waals surface area contributed by atoms with Gasteiger partial charge in [-0.15, -0.1) is 0 Å². The molecule has 0 bridgehead atoms. The Morgan fingerprint density at radius 1 is 0.900 bits per heavy atom. The summed E-state index contributed by atoms with van der Waals surface area (Å²) in [7, 11) is 0. The maximum Gasteiger partial charge on any atom is 0.246 e.